The minimum Gasteiger partial charge on any atom is -0.370 e. The van der Waals surface area contributed by atoms with Gasteiger partial charge < -0.3 is 10.2 Å². The molecule has 0 atom stereocenters. The molecule has 1 aliphatic rings. The fourth-order valence-electron chi connectivity index (χ4n) is 2.21. The monoisotopic (exact) mass is 252 g/mol. The molecule has 0 bridgehead atoms. The van der Waals surface area contributed by atoms with E-state index in [0.717, 1.165) is 24.5 Å². The molecular formula is C13H17ClN2O. The fraction of sp³-hybridized carbons (Fsp3) is 0.462. The first-order valence-electron chi connectivity index (χ1n) is 5.99. The molecule has 4 heteroatoms. The van der Waals surface area contributed by atoms with E-state index in [1.54, 1.807) is 0 Å². The van der Waals surface area contributed by atoms with Crippen molar-refractivity contribution < 1.29 is 4.79 Å². The Morgan fingerprint density at radius 3 is 2.65 bits per heavy atom. The van der Waals surface area contributed by atoms with Gasteiger partial charge in [-0.05, 0) is 37.5 Å². The molecule has 0 radical (unpaired) electrons. The highest BCUT2D eigenvalue weighted by Gasteiger charge is 2.15. The molecule has 1 aliphatic heterocycles. The maximum atomic E-state index is 11.2. The Morgan fingerprint density at radius 2 is 2.00 bits per heavy atom. The molecular weight excluding hydrogens is 236 g/mol. The summed E-state index contributed by atoms with van der Waals surface area (Å²) in [6.45, 7) is 3.61. The van der Waals surface area contributed by atoms with Gasteiger partial charge >= 0.3 is 0 Å². The van der Waals surface area contributed by atoms with Crippen molar-refractivity contribution >= 4 is 28.9 Å². The molecule has 0 unspecified atom stereocenters. The summed E-state index contributed by atoms with van der Waals surface area (Å²) < 4.78 is 0. The predicted octanol–water partition coefficient (Wildman–Crippen LogP) is 3.29. The number of hydrogen-bond acceptors (Lipinski definition) is 2. The zero-order valence-electron chi connectivity index (χ0n) is 10.0. The van der Waals surface area contributed by atoms with Gasteiger partial charge in [0, 0.05) is 25.0 Å². The lowest BCUT2D eigenvalue weighted by Crippen LogP contribution is -2.30. The van der Waals surface area contributed by atoms with E-state index in [1.807, 2.05) is 18.2 Å². The van der Waals surface area contributed by atoms with E-state index in [1.165, 1.54) is 26.2 Å². The summed E-state index contributed by atoms with van der Waals surface area (Å²) in [7, 11) is 0. The first kappa shape index (κ1) is 12.2. The highest BCUT2D eigenvalue weighted by molar-refractivity contribution is 6.31. The van der Waals surface area contributed by atoms with Crippen LogP contribution in [0.5, 0.6) is 0 Å². The van der Waals surface area contributed by atoms with Gasteiger partial charge in [0.25, 0.3) is 0 Å². The average Bonchev–Trinajstić information content (AvgIpc) is 2.29. The Hall–Kier alpha value is -1.22. The predicted molar refractivity (Wildman–Crippen MR) is 71.8 cm³/mol. The Labute approximate surface area is 107 Å². The normalized spacial score (nSPS) is 15.8. The zero-order chi connectivity index (χ0) is 12.3. The minimum atomic E-state index is -0.0643. The van der Waals surface area contributed by atoms with E-state index >= 15 is 0 Å². The van der Waals surface area contributed by atoms with Crippen molar-refractivity contribution in [3.05, 3.63) is 23.2 Å². The molecule has 17 heavy (non-hydrogen) atoms. The van der Waals surface area contributed by atoms with Gasteiger partial charge in [0.05, 0.1) is 11.4 Å². The SMILES string of the molecule is CC(=O)Nc1cc(Cl)ccc1N1CCCCC1. The summed E-state index contributed by atoms with van der Waals surface area (Å²) >= 11 is 5.97. The van der Waals surface area contributed by atoms with E-state index in [4.69, 9.17) is 11.6 Å². The highest BCUT2D eigenvalue weighted by Crippen LogP contribution is 2.31. The summed E-state index contributed by atoms with van der Waals surface area (Å²) in [6.07, 6.45) is 3.71. The van der Waals surface area contributed by atoms with Gasteiger partial charge in [-0.25, -0.2) is 0 Å². The van der Waals surface area contributed by atoms with E-state index < -0.39 is 0 Å². The third-order valence-electron chi connectivity index (χ3n) is 2.97. The summed E-state index contributed by atoms with van der Waals surface area (Å²) in [5.74, 6) is -0.0643. The lowest BCUT2D eigenvalue weighted by atomic mass is 10.1. The quantitative estimate of drug-likeness (QED) is 0.876. The number of benzene rings is 1. The number of carbonyl (C=O) groups excluding carboxylic acids is 1. The average molecular weight is 253 g/mol. The Bertz CT molecular complexity index is 414. The zero-order valence-corrected chi connectivity index (χ0v) is 10.8. The Morgan fingerprint density at radius 1 is 1.29 bits per heavy atom. The van der Waals surface area contributed by atoms with Crippen molar-refractivity contribution in [2.75, 3.05) is 23.3 Å². The van der Waals surface area contributed by atoms with E-state index in [0.29, 0.717) is 5.02 Å². The molecule has 0 aromatic heterocycles. The first-order chi connectivity index (χ1) is 8.16. The van der Waals surface area contributed by atoms with Crippen LogP contribution in [0, 0.1) is 0 Å². The van der Waals surface area contributed by atoms with Gasteiger partial charge in [-0.2, -0.15) is 0 Å². The molecule has 1 saturated heterocycles. The lowest BCUT2D eigenvalue weighted by molar-refractivity contribution is -0.114. The molecule has 0 spiro atoms. The number of halogens is 1. The van der Waals surface area contributed by atoms with Crippen molar-refractivity contribution in [2.24, 2.45) is 0 Å². The lowest BCUT2D eigenvalue weighted by Gasteiger charge is -2.30. The number of nitrogens with zero attached hydrogens (tertiary/aromatic N) is 1. The summed E-state index contributed by atoms with van der Waals surface area (Å²) in [6, 6.07) is 5.67. The van der Waals surface area contributed by atoms with Crippen LogP contribution in [-0.2, 0) is 4.79 Å². The number of hydrogen-bond donors (Lipinski definition) is 1. The highest BCUT2D eigenvalue weighted by atomic mass is 35.5. The maximum Gasteiger partial charge on any atom is 0.221 e. The second kappa shape index (κ2) is 5.41. The van der Waals surface area contributed by atoms with E-state index in [9.17, 15) is 4.79 Å². The van der Waals surface area contributed by atoms with Gasteiger partial charge in [-0.1, -0.05) is 11.6 Å². The van der Waals surface area contributed by atoms with E-state index in [-0.39, 0.29) is 5.91 Å². The van der Waals surface area contributed by atoms with Crippen molar-refractivity contribution in [2.45, 2.75) is 26.2 Å². The molecule has 1 heterocycles. The van der Waals surface area contributed by atoms with Crippen LogP contribution < -0.4 is 10.2 Å². The van der Waals surface area contributed by atoms with Crippen LogP contribution >= 0.6 is 11.6 Å². The largest absolute Gasteiger partial charge is 0.370 e. The maximum absolute atomic E-state index is 11.2. The second-order valence-electron chi connectivity index (χ2n) is 4.39. The van der Waals surface area contributed by atoms with Crippen molar-refractivity contribution in [3.8, 4) is 0 Å². The van der Waals surface area contributed by atoms with Gasteiger partial charge in [-0.15, -0.1) is 0 Å². The smallest absolute Gasteiger partial charge is 0.221 e. The summed E-state index contributed by atoms with van der Waals surface area (Å²) in [4.78, 5) is 13.5. The van der Waals surface area contributed by atoms with E-state index in [2.05, 4.69) is 10.2 Å². The molecule has 1 fully saturated rings. The first-order valence-corrected chi connectivity index (χ1v) is 6.37. The second-order valence-corrected chi connectivity index (χ2v) is 4.83. The van der Waals surface area contributed by atoms with Crippen LogP contribution in [-0.4, -0.2) is 19.0 Å². The number of nitrogens with one attached hydrogen (secondary N) is 1. The van der Waals surface area contributed by atoms with Gasteiger partial charge in [-0.3, -0.25) is 4.79 Å². The van der Waals surface area contributed by atoms with Crippen LogP contribution in [0.3, 0.4) is 0 Å². The molecule has 1 aromatic carbocycles. The molecule has 1 aromatic rings. The number of rotatable bonds is 2. The van der Waals surface area contributed by atoms with Gasteiger partial charge in [0.15, 0.2) is 0 Å². The molecule has 1 amide bonds. The van der Waals surface area contributed by atoms with Gasteiger partial charge in [0.2, 0.25) is 5.91 Å². The number of carbonyl (C=O) groups is 1. The molecule has 2 rings (SSSR count). The Kier molecular flexibility index (Phi) is 3.89. The Balaban J connectivity index is 2.27. The topological polar surface area (TPSA) is 32.3 Å². The van der Waals surface area contributed by atoms with Crippen molar-refractivity contribution in [1.82, 2.24) is 0 Å². The standard InChI is InChI=1S/C13H17ClN2O/c1-10(17)15-12-9-11(14)5-6-13(12)16-7-3-2-4-8-16/h5-6,9H,2-4,7-8H2,1H3,(H,15,17). The van der Waals surface area contributed by atoms with Crippen LogP contribution in [0.2, 0.25) is 5.02 Å². The molecule has 0 saturated carbocycles. The van der Waals surface area contributed by atoms with Crippen LogP contribution in [0.4, 0.5) is 11.4 Å². The van der Waals surface area contributed by atoms with Gasteiger partial charge in [0.1, 0.15) is 0 Å². The third-order valence-corrected chi connectivity index (χ3v) is 3.20. The molecule has 3 nitrogen and oxygen atoms in total. The third kappa shape index (κ3) is 3.13. The van der Waals surface area contributed by atoms with Crippen LogP contribution in [0.1, 0.15) is 26.2 Å². The number of amides is 1. The minimum absolute atomic E-state index is 0.0643. The summed E-state index contributed by atoms with van der Waals surface area (Å²) in [5, 5.41) is 3.49. The van der Waals surface area contributed by atoms with Crippen LogP contribution in [0.25, 0.3) is 0 Å². The summed E-state index contributed by atoms with van der Waals surface area (Å²) in [5.41, 5.74) is 1.89. The molecule has 0 aliphatic carbocycles. The van der Waals surface area contributed by atoms with Crippen molar-refractivity contribution in [3.63, 3.8) is 0 Å². The van der Waals surface area contributed by atoms with Crippen LogP contribution in [0.15, 0.2) is 18.2 Å². The molecule has 92 valence electrons. The number of piperidine rings is 1. The number of anilines is 2. The fourth-order valence-corrected chi connectivity index (χ4v) is 2.38. The van der Waals surface area contributed by atoms with Crippen molar-refractivity contribution in [1.29, 1.82) is 0 Å². The molecule has 1 N–H and O–H groups in total.